The van der Waals surface area contributed by atoms with E-state index in [0.29, 0.717) is 13.0 Å². The van der Waals surface area contributed by atoms with Gasteiger partial charge in [0.2, 0.25) is 0 Å². The van der Waals surface area contributed by atoms with Gasteiger partial charge in [0, 0.05) is 6.04 Å². The molecule has 0 saturated carbocycles. The van der Waals surface area contributed by atoms with Crippen molar-refractivity contribution >= 4 is 9.84 Å². The number of rotatable bonds is 4. The number of nitrogens with one attached hydrogen (secondary N) is 1. The molecule has 2 atom stereocenters. The predicted octanol–water partition coefficient (Wildman–Crippen LogP) is 0.424. The molecule has 1 aromatic carbocycles. The van der Waals surface area contributed by atoms with Crippen LogP contribution in [0, 0.1) is 12.7 Å². The van der Waals surface area contributed by atoms with Gasteiger partial charge in [-0.05, 0) is 43.1 Å². The molecule has 1 saturated heterocycles. The van der Waals surface area contributed by atoms with Crippen LogP contribution in [0.25, 0.3) is 0 Å². The largest absolute Gasteiger partial charge is 0.390 e. The quantitative estimate of drug-likeness (QED) is 0.842. The first-order valence-electron chi connectivity index (χ1n) is 6.24. The Kier molecular flexibility index (Phi) is 4.23. The molecule has 1 aromatic rings. The van der Waals surface area contributed by atoms with E-state index in [2.05, 4.69) is 5.32 Å². The number of aliphatic hydroxyl groups excluding tert-OH is 1. The van der Waals surface area contributed by atoms with Gasteiger partial charge in [-0.2, -0.15) is 0 Å². The zero-order valence-electron chi connectivity index (χ0n) is 10.8. The van der Waals surface area contributed by atoms with Gasteiger partial charge in [0.25, 0.3) is 0 Å². The monoisotopic (exact) mass is 287 g/mol. The predicted molar refractivity (Wildman–Crippen MR) is 71.3 cm³/mol. The van der Waals surface area contributed by atoms with E-state index >= 15 is 0 Å². The Morgan fingerprint density at radius 2 is 2.16 bits per heavy atom. The average molecular weight is 287 g/mol. The molecule has 1 aliphatic heterocycles. The van der Waals surface area contributed by atoms with Crippen LogP contribution in [0.1, 0.15) is 11.1 Å². The highest BCUT2D eigenvalue weighted by molar-refractivity contribution is 7.91. The maximum Gasteiger partial charge on any atom is 0.154 e. The van der Waals surface area contributed by atoms with Crippen LogP contribution in [0.3, 0.4) is 0 Å². The fraction of sp³-hybridized carbons (Fsp3) is 0.538. The van der Waals surface area contributed by atoms with Crippen LogP contribution in [0.15, 0.2) is 18.2 Å². The van der Waals surface area contributed by atoms with E-state index in [1.54, 1.807) is 6.07 Å². The van der Waals surface area contributed by atoms with Crippen LogP contribution in [-0.2, 0) is 16.3 Å². The Morgan fingerprint density at radius 3 is 2.74 bits per heavy atom. The molecule has 1 aliphatic rings. The lowest BCUT2D eigenvalue weighted by Gasteiger charge is -2.15. The van der Waals surface area contributed by atoms with Crippen LogP contribution in [0.4, 0.5) is 4.39 Å². The molecule has 0 bridgehead atoms. The lowest BCUT2D eigenvalue weighted by molar-refractivity contribution is 0.166. The highest BCUT2D eigenvalue weighted by atomic mass is 32.2. The van der Waals surface area contributed by atoms with Crippen molar-refractivity contribution in [3.63, 3.8) is 0 Å². The minimum Gasteiger partial charge on any atom is -0.390 e. The van der Waals surface area contributed by atoms with E-state index in [4.69, 9.17) is 0 Å². The molecular weight excluding hydrogens is 269 g/mol. The summed E-state index contributed by atoms with van der Waals surface area (Å²) in [5.74, 6) is -0.442. The van der Waals surface area contributed by atoms with E-state index in [9.17, 15) is 17.9 Å². The third-order valence-electron chi connectivity index (χ3n) is 3.43. The van der Waals surface area contributed by atoms with Crippen molar-refractivity contribution in [1.29, 1.82) is 0 Å². The molecular formula is C13H18FNO3S. The highest BCUT2D eigenvalue weighted by Crippen LogP contribution is 2.13. The Labute approximate surface area is 112 Å². The second-order valence-corrected chi connectivity index (χ2v) is 7.18. The van der Waals surface area contributed by atoms with Gasteiger partial charge in [0.05, 0.1) is 17.6 Å². The molecule has 0 radical (unpaired) electrons. The van der Waals surface area contributed by atoms with Crippen molar-refractivity contribution in [2.75, 3.05) is 18.1 Å². The number of sulfone groups is 1. The first kappa shape index (κ1) is 14.4. The van der Waals surface area contributed by atoms with Crippen molar-refractivity contribution in [2.24, 2.45) is 0 Å². The molecule has 0 amide bonds. The van der Waals surface area contributed by atoms with Crippen molar-refractivity contribution in [2.45, 2.75) is 25.5 Å². The van der Waals surface area contributed by atoms with Gasteiger partial charge in [-0.15, -0.1) is 0 Å². The van der Waals surface area contributed by atoms with Gasteiger partial charge in [-0.1, -0.05) is 6.07 Å². The average Bonchev–Trinajstić information content (AvgIpc) is 2.55. The van der Waals surface area contributed by atoms with Crippen molar-refractivity contribution in [3.05, 3.63) is 35.1 Å². The molecule has 1 fully saturated rings. The lowest BCUT2D eigenvalue weighted by Crippen LogP contribution is -2.39. The maximum absolute atomic E-state index is 12.9. The lowest BCUT2D eigenvalue weighted by atomic mass is 10.1. The topological polar surface area (TPSA) is 66.4 Å². The Hall–Kier alpha value is -0.980. The molecule has 6 heteroatoms. The molecule has 1 heterocycles. The summed E-state index contributed by atoms with van der Waals surface area (Å²) in [7, 11) is -3.12. The summed E-state index contributed by atoms with van der Waals surface area (Å²) in [6, 6.07) is 4.22. The number of aryl methyl sites for hydroxylation is 1. The third kappa shape index (κ3) is 3.75. The minimum atomic E-state index is -3.12. The molecule has 106 valence electrons. The van der Waals surface area contributed by atoms with Gasteiger partial charge < -0.3 is 10.4 Å². The van der Waals surface area contributed by atoms with E-state index in [-0.39, 0.29) is 17.3 Å². The number of hydrogen-bond acceptors (Lipinski definition) is 4. The van der Waals surface area contributed by atoms with Crippen molar-refractivity contribution in [1.82, 2.24) is 5.32 Å². The standard InChI is InChI=1S/C13H18FNO3S/c1-9-6-11(14)3-2-10(9)4-5-15-12-7-19(17,18)8-13(12)16/h2-3,6,12-13,15-16H,4-5,7-8H2,1H3. The molecule has 2 unspecified atom stereocenters. The number of benzene rings is 1. The summed E-state index contributed by atoms with van der Waals surface area (Å²) in [5.41, 5.74) is 1.89. The maximum atomic E-state index is 12.9. The number of hydrogen-bond donors (Lipinski definition) is 2. The number of aliphatic hydroxyl groups is 1. The summed E-state index contributed by atoms with van der Waals surface area (Å²) in [6.45, 7) is 2.40. The molecule has 2 N–H and O–H groups in total. The summed E-state index contributed by atoms with van der Waals surface area (Å²) in [6.07, 6.45) is -0.158. The fourth-order valence-electron chi connectivity index (χ4n) is 2.36. The fourth-order valence-corrected chi connectivity index (χ4v) is 4.13. The summed E-state index contributed by atoms with van der Waals surface area (Å²) in [4.78, 5) is 0. The van der Waals surface area contributed by atoms with Crippen LogP contribution in [0.2, 0.25) is 0 Å². The Balaban J connectivity index is 1.87. The van der Waals surface area contributed by atoms with Crippen LogP contribution < -0.4 is 5.32 Å². The molecule has 0 aliphatic carbocycles. The second kappa shape index (κ2) is 5.56. The molecule has 2 rings (SSSR count). The first-order valence-corrected chi connectivity index (χ1v) is 8.06. The van der Waals surface area contributed by atoms with E-state index in [1.165, 1.54) is 12.1 Å². The zero-order chi connectivity index (χ0) is 14.0. The molecule has 19 heavy (non-hydrogen) atoms. The SMILES string of the molecule is Cc1cc(F)ccc1CCNC1CS(=O)(=O)CC1O. The van der Waals surface area contributed by atoms with Gasteiger partial charge in [0.15, 0.2) is 9.84 Å². The van der Waals surface area contributed by atoms with Gasteiger partial charge >= 0.3 is 0 Å². The van der Waals surface area contributed by atoms with Gasteiger partial charge in [0.1, 0.15) is 5.82 Å². The van der Waals surface area contributed by atoms with E-state index in [0.717, 1.165) is 11.1 Å². The smallest absolute Gasteiger partial charge is 0.154 e. The summed E-state index contributed by atoms with van der Waals surface area (Å²) < 4.78 is 35.6. The number of halogens is 1. The first-order chi connectivity index (χ1) is 8.87. The van der Waals surface area contributed by atoms with E-state index < -0.39 is 22.0 Å². The van der Waals surface area contributed by atoms with Crippen molar-refractivity contribution in [3.8, 4) is 0 Å². The Morgan fingerprint density at radius 1 is 1.42 bits per heavy atom. The molecule has 0 spiro atoms. The van der Waals surface area contributed by atoms with E-state index in [1.807, 2.05) is 6.92 Å². The summed E-state index contributed by atoms with van der Waals surface area (Å²) in [5, 5.41) is 12.7. The van der Waals surface area contributed by atoms with Gasteiger partial charge in [-0.3, -0.25) is 0 Å². The van der Waals surface area contributed by atoms with Crippen LogP contribution in [0.5, 0.6) is 0 Å². The van der Waals surface area contributed by atoms with Gasteiger partial charge in [-0.25, -0.2) is 12.8 Å². The molecule has 0 aromatic heterocycles. The van der Waals surface area contributed by atoms with Crippen LogP contribution in [-0.4, -0.2) is 43.7 Å². The minimum absolute atomic E-state index is 0.0173. The second-order valence-electron chi connectivity index (χ2n) is 5.03. The van der Waals surface area contributed by atoms with Crippen LogP contribution >= 0.6 is 0 Å². The molecule has 4 nitrogen and oxygen atoms in total. The normalized spacial score (nSPS) is 25.6. The summed E-state index contributed by atoms with van der Waals surface area (Å²) >= 11 is 0. The van der Waals surface area contributed by atoms with Crippen molar-refractivity contribution < 1.29 is 17.9 Å². The zero-order valence-corrected chi connectivity index (χ0v) is 11.6. The highest BCUT2D eigenvalue weighted by Gasteiger charge is 2.35. The Bertz CT molecular complexity index is 559. The third-order valence-corrected chi connectivity index (χ3v) is 5.14.